The number of amides is 1. The number of aromatic nitrogens is 1. The highest BCUT2D eigenvalue weighted by atomic mass is 32.2. The Kier molecular flexibility index (Phi) is 4.81. The molecule has 1 saturated carbocycles. The number of pyridine rings is 1. The Balaban J connectivity index is 2.43. The normalized spacial score (nSPS) is 16.0. The summed E-state index contributed by atoms with van der Waals surface area (Å²) in [5, 5.41) is 8.77. The molecule has 0 saturated heterocycles. The van der Waals surface area contributed by atoms with Crippen LogP contribution in [0.5, 0.6) is 0 Å². The van der Waals surface area contributed by atoms with Crippen molar-refractivity contribution in [3.63, 3.8) is 0 Å². The first-order valence-corrected chi connectivity index (χ1v) is 8.79. The molecule has 22 heavy (non-hydrogen) atoms. The van der Waals surface area contributed by atoms with Gasteiger partial charge in [0.25, 0.3) is 5.91 Å². The van der Waals surface area contributed by atoms with Crippen LogP contribution < -0.4 is 0 Å². The minimum atomic E-state index is -3.58. The van der Waals surface area contributed by atoms with Crippen molar-refractivity contribution in [1.82, 2.24) is 9.88 Å². The second-order valence-corrected chi connectivity index (χ2v) is 7.86. The summed E-state index contributed by atoms with van der Waals surface area (Å²) in [4.78, 5) is 17.1. The van der Waals surface area contributed by atoms with Crippen LogP contribution in [0.15, 0.2) is 17.0 Å². The van der Waals surface area contributed by atoms with Crippen LogP contribution >= 0.6 is 0 Å². The molecule has 0 aromatic carbocycles. The maximum atomic E-state index is 12.7. The van der Waals surface area contributed by atoms with Crippen molar-refractivity contribution in [2.45, 2.75) is 42.2 Å². The summed E-state index contributed by atoms with van der Waals surface area (Å²) in [5.74, 6) is -0.363. The van der Waals surface area contributed by atoms with Crippen LogP contribution in [0.25, 0.3) is 0 Å². The van der Waals surface area contributed by atoms with Gasteiger partial charge in [-0.25, -0.2) is 13.4 Å². The van der Waals surface area contributed by atoms with E-state index in [0.717, 1.165) is 19.3 Å². The molecule has 0 atom stereocenters. The lowest BCUT2D eigenvalue weighted by atomic mass is 10.0. The van der Waals surface area contributed by atoms with E-state index in [0.29, 0.717) is 12.8 Å². The smallest absolute Gasteiger partial charge is 0.271 e. The van der Waals surface area contributed by atoms with E-state index in [4.69, 9.17) is 0 Å². The maximum absolute atomic E-state index is 12.7. The molecular weight excluding hydrogens is 302 g/mol. The second kappa shape index (κ2) is 6.44. The molecular formula is C15H19N3O3S. The van der Waals surface area contributed by atoms with E-state index in [2.05, 4.69) is 4.98 Å². The van der Waals surface area contributed by atoms with Crippen LogP contribution in [0.3, 0.4) is 0 Å². The van der Waals surface area contributed by atoms with Crippen molar-refractivity contribution >= 4 is 15.7 Å². The topological polar surface area (TPSA) is 91.1 Å². The van der Waals surface area contributed by atoms with Crippen LogP contribution in [0.2, 0.25) is 0 Å². The van der Waals surface area contributed by atoms with E-state index in [-0.39, 0.29) is 22.2 Å². The van der Waals surface area contributed by atoms with Gasteiger partial charge in [-0.15, -0.1) is 0 Å². The first-order chi connectivity index (χ1) is 10.4. The van der Waals surface area contributed by atoms with Crippen molar-refractivity contribution < 1.29 is 13.2 Å². The van der Waals surface area contributed by atoms with E-state index >= 15 is 0 Å². The van der Waals surface area contributed by atoms with Gasteiger partial charge in [0.15, 0.2) is 15.5 Å². The van der Waals surface area contributed by atoms with Crippen molar-refractivity contribution in [3.05, 3.63) is 23.5 Å². The van der Waals surface area contributed by atoms with Crippen LogP contribution in [0.4, 0.5) is 0 Å². The van der Waals surface area contributed by atoms with Gasteiger partial charge in [-0.05, 0) is 25.0 Å². The molecule has 2 rings (SSSR count). The van der Waals surface area contributed by atoms with Crippen LogP contribution in [-0.4, -0.2) is 43.6 Å². The third-order valence-corrected chi connectivity index (χ3v) is 6.18. The fraction of sp³-hybridized carbons (Fsp3) is 0.533. The molecule has 1 aromatic rings. The van der Waals surface area contributed by atoms with E-state index in [1.165, 1.54) is 17.0 Å². The number of carbonyl (C=O) groups is 1. The van der Waals surface area contributed by atoms with Crippen molar-refractivity contribution in [2.75, 3.05) is 14.1 Å². The number of carbonyl (C=O) groups excluding carboxylic acids is 1. The van der Waals surface area contributed by atoms with Gasteiger partial charge in [0.1, 0.15) is 16.7 Å². The number of rotatable bonds is 3. The van der Waals surface area contributed by atoms with E-state index in [1.807, 2.05) is 6.07 Å². The molecule has 1 heterocycles. The molecule has 1 aromatic heterocycles. The van der Waals surface area contributed by atoms with E-state index in [1.54, 1.807) is 14.1 Å². The van der Waals surface area contributed by atoms with Crippen LogP contribution in [0, 0.1) is 11.3 Å². The molecule has 0 bridgehead atoms. The lowest BCUT2D eigenvalue weighted by Gasteiger charge is -2.22. The number of hydrogen-bond acceptors (Lipinski definition) is 5. The summed E-state index contributed by atoms with van der Waals surface area (Å²) in [6, 6.07) is 4.53. The minimum Gasteiger partial charge on any atom is -0.343 e. The molecule has 0 N–H and O–H groups in total. The first kappa shape index (κ1) is 16.4. The molecule has 1 aliphatic carbocycles. The predicted molar refractivity (Wildman–Crippen MR) is 81.0 cm³/mol. The standard InChI is InChI=1S/C15H19N3O3S/c1-18(2)15(19)12-8-9-14(13(10-16)17-12)22(20,21)11-6-4-3-5-7-11/h8-9,11H,3-7H2,1-2H3. The van der Waals surface area contributed by atoms with Gasteiger partial charge in [0.05, 0.1) is 5.25 Å². The van der Waals surface area contributed by atoms with Gasteiger partial charge in [-0.2, -0.15) is 5.26 Å². The van der Waals surface area contributed by atoms with Gasteiger partial charge in [0, 0.05) is 14.1 Å². The van der Waals surface area contributed by atoms with Crippen molar-refractivity contribution in [1.29, 1.82) is 5.26 Å². The number of hydrogen-bond donors (Lipinski definition) is 0. The molecule has 0 unspecified atom stereocenters. The molecule has 6 nitrogen and oxygen atoms in total. The predicted octanol–water partition coefficient (Wildman–Crippen LogP) is 1.76. The zero-order valence-corrected chi connectivity index (χ0v) is 13.6. The largest absolute Gasteiger partial charge is 0.343 e. The lowest BCUT2D eigenvalue weighted by Crippen LogP contribution is -2.26. The minimum absolute atomic E-state index is 0.0581. The lowest BCUT2D eigenvalue weighted by molar-refractivity contribution is 0.0821. The van der Waals surface area contributed by atoms with Gasteiger partial charge in [0.2, 0.25) is 0 Å². The maximum Gasteiger partial charge on any atom is 0.271 e. The molecule has 0 radical (unpaired) electrons. The van der Waals surface area contributed by atoms with E-state index in [9.17, 15) is 18.5 Å². The monoisotopic (exact) mass is 321 g/mol. The third kappa shape index (κ3) is 3.12. The summed E-state index contributed by atoms with van der Waals surface area (Å²) in [5.41, 5.74) is -0.123. The SMILES string of the molecule is CN(C)C(=O)c1ccc(S(=O)(=O)C2CCCCC2)c(C#N)n1. The average Bonchev–Trinajstić information content (AvgIpc) is 2.54. The highest BCUT2D eigenvalue weighted by molar-refractivity contribution is 7.92. The summed E-state index contributed by atoms with van der Waals surface area (Å²) in [7, 11) is -0.433. The molecule has 1 aliphatic rings. The molecule has 118 valence electrons. The quantitative estimate of drug-likeness (QED) is 0.846. The molecule has 1 fully saturated rings. The third-order valence-electron chi connectivity index (χ3n) is 3.89. The molecule has 7 heteroatoms. The Morgan fingerprint density at radius 3 is 2.45 bits per heavy atom. The van der Waals surface area contributed by atoms with Crippen molar-refractivity contribution in [3.8, 4) is 6.07 Å². The van der Waals surface area contributed by atoms with Gasteiger partial charge in [-0.3, -0.25) is 4.79 Å². The van der Waals surface area contributed by atoms with Crippen molar-refractivity contribution in [2.24, 2.45) is 0 Å². The zero-order valence-electron chi connectivity index (χ0n) is 12.7. The highest BCUT2D eigenvalue weighted by Gasteiger charge is 2.31. The summed E-state index contributed by atoms with van der Waals surface area (Å²) in [6.07, 6.45) is 4.05. The highest BCUT2D eigenvalue weighted by Crippen LogP contribution is 2.29. The number of nitrogens with zero attached hydrogens (tertiary/aromatic N) is 3. The first-order valence-electron chi connectivity index (χ1n) is 7.24. The molecule has 0 aliphatic heterocycles. The molecule has 1 amide bonds. The number of sulfone groups is 1. The average molecular weight is 321 g/mol. The Bertz CT molecular complexity index is 714. The van der Waals surface area contributed by atoms with Gasteiger partial charge < -0.3 is 4.90 Å². The summed E-state index contributed by atoms with van der Waals surface area (Å²) in [6.45, 7) is 0. The summed E-state index contributed by atoms with van der Waals surface area (Å²) < 4.78 is 25.4. The second-order valence-electron chi connectivity index (χ2n) is 5.66. The Labute approximate surface area is 130 Å². The van der Waals surface area contributed by atoms with Gasteiger partial charge >= 0.3 is 0 Å². The fourth-order valence-electron chi connectivity index (χ4n) is 2.66. The van der Waals surface area contributed by atoms with E-state index < -0.39 is 15.1 Å². The Morgan fingerprint density at radius 1 is 1.27 bits per heavy atom. The zero-order chi connectivity index (χ0) is 16.3. The van der Waals surface area contributed by atoms with Crippen LogP contribution in [-0.2, 0) is 9.84 Å². The Hall–Kier alpha value is -1.94. The molecule has 0 spiro atoms. The Morgan fingerprint density at radius 2 is 1.91 bits per heavy atom. The van der Waals surface area contributed by atoms with Gasteiger partial charge in [-0.1, -0.05) is 19.3 Å². The van der Waals surface area contributed by atoms with Crippen LogP contribution in [0.1, 0.15) is 48.3 Å². The fourth-order valence-corrected chi connectivity index (χ4v) is 4.59. The number of nitriles is 1. The summed E-state index contributed by atoms with van der Waals surface area (Å²) >= 11 is 0.